The number of nitrogens with two attached hydrogens (primary N) is 1. The van der Waals surface area contributed by atoms with Crippen LogP contribution in [0.4, 0.5) is 5.82 Å². The monoisotopic (exact) mass is 227 g/mol. The molecule has 5 nitrogen and oxygen atoms in total. The molecule has 3 aromatic rings. The summed E-state index contributed by atoms with van der Waals surface area (Å²) in [5, 5.41) is 6.84. The largest absolute Gasteiger partial charge is 0.382 e. The number of fused-ring (bicyclic) bond motifs is 1. The van der Waals surface area contributed by atoms with Gasteiger partial charge >= 0.3 is 0 Å². The smallest absolute Gasteiger partial charge is 0.145 e. The molecule has 0 unspecified atom stereocenters. The molecule has 2 heterocycles. The summed E-state index contributed by atoms with van der Waals surface area (Å²) in [7, 11) is 2.01. The van der Waals surface area contributed by atoms with E-state index in [1.54, 1.807) is 0 Å². The molecule has 0 amide bonds. The lowest BCUT2D eigenvalue weighted by Crippen LogP contribution is -1.90. The Morgan fingerprint density at radius 2 is 2.12 bits per heavy atom. The van der Waals surface area contributed by atoms with Crippen molar-refractivity contribution < 1.29 is 0 Å². The van der Waals surface area contributed by atoms with Gasteiger partial charge in [0.1, 0.15) is 11.6 Å². The third-order valence-corrected chi connectivity index (χ3v) is 3.01. The van der Waals surface area contributed by atoms with Crippen LogP contribution in [0.5, 0.6) is 0 Å². The van der Waals surface area contributed by atoms with Gasteiger partial charge in [-0.05, 0) is 19.1 Å². The van der Waals surface area contributed by atoms with Crippen molar-refractivity contribution >= 4 is 16.9 Å². The predicted molar refractivity (Wildman–Crippen MR) is 67.4 cm³/mol. The second kappa shape index (κ2) is 3.35. The van der Waals surface area contributed by atoms with Crippen molar-refractivity contribution in [3.63, 3.8) is 0 Å². The molecule has 0 radical (unpaired) electrons. The molecule has 1 aromatic carbocycles. The minimum Gasteiger partial charge on any atom is -0.382 e. The van der Waals surface area contributed by atoms with Gasteiger partial charge in [0.25, 0.3) is 0 Å². The van der Waals surface area contributed by atoms with Crippen molar-refractivity contribution in [2.75, 3.05) is 5.73 Å². The first-order valence-corrected chi connectivity index (χ1v) is 5.39. The Morgan fingerprint density at radius 3 is 2.82 bits per heavy atom. The molecule has 0 aliphatic rings. The molecule has 0 spiro atoms. The average Bonchev–Trinajstić information content (AvgIpc) is 2.85. The maximum atomic E-state index is 5.60. The maximum Gasteiger partial charge on any atom is 0.145 e. The van der Waals surface area contributed by atoms with E-state index in [9.17, 15) is 0 Å². The number of aryl methyl sites for hydroxylation is 2. The number of H-pyrrole nitrogens is 1. The van der Waals surface area contributed by atoms with Gasteiger partial charge in [-0.1, -0.05) is 6.07 Å². The third-order valence-electron chi connectivity index (χ3n) is 3.01. The van der Waals surface area contributed by atoms with Gasteiger partial charge in [0.05, 0.1) is 16.7 Å². The number of anilines is 1. The van der Waals surface area contributed by atoms with E-state index in [0.29, 0.717) is 5.82 Å². The number of imidazole rings is 1. The highest BCUT2D eigenvalue weighted by Gasteiger charge is 2.07. The average molecular weight is 227 g/mol. The number of rotatable bonds is 1. The van der Waals surface area contributed by atoms with E-state index in [1.807, 2.05) is 32.2 Å². The van der Waals surface area contributed by atoms with Gasteiger partial charge in [-0.15, -0.1) is 0 Å². The van der Waals surface area contributed by atoms with Crippen LogP contribution in [0.3, 0.4) is 0 Å². The highest BCUT2D eigenvalue weighted by atomic mass is 15.2. The van der Waals surface area contributed by atoms with E-state index in [-0.39, 0.29) is 0 Å². The van der Waals surface area contributed by atoms with Crippen LogP contribution < -0.4 is 5.73 Å². The number of nitrogens with zero attached hydrogens (tertiary/aromatic N) is 3. The zero-order chi connectivity index (χ0) is 12.0. The summed E-state index contributed by atoms with van der Waals surface area (Å²) in [6.45, 7) is 1.99. The van der Waals surface area contributed by atoms with E-state index in [4.69, 9.17) is 5.73 Å². The second-order valence-electron chi connectivity index (χ2n) is 4.13. The highest BCUT2D eigenvalue weighted by Crippen LogP contribution is 2.23. The Bertz CT molecular complexity index is 692. The molecule has 0 saturated carbocycles. The van der Waals surface area contributed by atoms with Crippen LogP contribution >= 0.6 is 0 Å². The van der Waals surface area contributed by atoms with Crippen molar-refractivity contribution in [1.29, 1.82) is 0 Å². The molecule has 0 atom stereocenters. The number of aromatic nitrogens is 4. The van der Waals surface area contributed by atoms with Gasteiger partial charge in [0.2, 0.25) is 0 Å². The van der Waals surface area contributed by atoms with Gasteiger partial charge in [-0.25, -0.2) is 4.98 Å². The van der Waals surface area contributed by atoms with Crippen LogP contribution in [0.15, 0.2) is 24.3 Å². The van der Waals surface area contributed by atoms with Gasteiger partial charge in [0.15, 0.2) is 0 Å². The van der Waals surface area contributed by atoms with Crippen LogP contribution in [0.25, 0.3) is 22.3 Å². The molecule has 0 bridgehead atoms. The van der Waals surface area contributed by atoms with Crippen molar-refractivity contribution in [2.45, 2.75) is 6.92 Å². The zero-order valence-electron chi connectivity index (χ0n) is 9.73. The van der Waals surface area contributed by atoms with Gasteiger partial charge in [0, 0.05) is 18.7 Å². The molecule has 0 fully saturated rings. The Hall–Kier alpha value is -2.30. The highest BCUT2D eigenvalue weighted by molar-refractivity contribution is 5.82. The van der Waals surface area contributed by atoms with Crippen molar-refractivity contribution in [1.82, 2.24) is 19.7 Å². The molecule has 3 N–H and O–H groups in total. The number of hydrogen-bond acceptors (Lipinski definition) is 3. The summed E-state index contributed by atoms with van der Waals surface area (Å²) >= 11 is 0. The normalized spacial score (nSPS) is 11.2. The lowest BCUT2D eigenvalue weighted by molar-refractivity contribution is 0.886. The van der Waals surface area contributed by atoms with Gasteiger partial charge < -0.3 is 10.3 Å². The summed E-state index contributed by atoms with van der Waals surface area (Å²) in [5.74, 6) is 1.50. The van der Waals surface area contributed by atoms with Crippen molar-refractivity contribution in [3.05, 3.63) is 30.1 Å². The van der Waals surface area contributed by atoms with Gasteiger partial charge in [-0.2, -0.15) is 5.10 Å². The van der Waals surface area contributed by atoms with Gasteiger partial charge in [-0.3, -0.25) is 5.10 Å². The molecule has 3 rings (SSSR count). The summed E-state index contributed by atoms with van der Waals surface area (Å²) < 4.78 is 2.07. The van der Waals surface area contributed by atoms with E-state index in [0.717, 1.165) is 28.1 Å². The van der Waals surface area contributed by atoms with Crippen molar-refractivity contribution in [2.24, 2.45) is 7.05 Å². The fourth-order valence-corrected chi connectivity index (χ4v) is 1.96. The molecule has 5 heteroatoms. The topological polar surface area (TPSA) is 72.5 Å². The number of aromatic amines is 1. The van der Waals surface area contributed by atoms with Crippen molar-refractivity contribution in [3.8, 4) is 11.3 Å². The summed E-state index contributed by atoms with van der Waals surface area (Å²) in [6, 6.07) is 7.93. The number of nitrogen functional groups attached to an aromatic ring is 1. The first-order valence-electron chi connectivity index (χ1n) is 5.39. The molecular weight excluding hydrogens is 214 g/mol. The van der Waals surface area contributed by atoms with E-state index in [1.165, 1.54) is 0 Å². The summed E-state index contributed by atoms with van der Waals surface area (Å²) in [5.41, 5.74) is 9.69. The number of benzene rings is 1. The van der Waals surface area contributed by atoms with Crippen LogP contribution in [0.1, 0.15) is 5.82 Å². The Balaban J connectivity index is 2.22. The number of hydrogen-bond donors (Lipinski definition) is 2. The summed E-state index contributed by atoms with van der Waals surface area (Å²) in [6.07, 6.45) is 0. The zero-order valence-corrected chi connectivity index (χ0v) is 9.73. The predicted octanol–water partition coefficient (Wildman–Crippen LogP) is 1.85. The lowest BCUT2D eigenvalue weighted by atomic mass is 10.1. The first kappa shape index (κ1) is 9.89. The maximum absolute atomic E-state index is 5.60. The van der Waals surface area contributed by atoms with E-state index < -0.39 is 0 Å². The lowest BCUT2D eigenvalue weighted by Gasteiger charge is -1.99. The van der Waals surface area contributed by atoms with Crippen LogP contribution in [-0.2, 0) is 7.05 Å². The molecular formula is C12H13N5. The summed E-state index contributed by atoms with van der Waals surface area (Å²) in [4.78, 5) is 4.47. The fraction of sp³-hybridized carbons (Fsp3) is 0.167. The third kappa shape index (κ3) is 1.47. The quantitative estimate of drug-likeness (QED) is 0.666. The Labute approximate surface area is 98.3 Å². The Morgan fingerprint density at radius 1 is 1.29 bits per heavy atom. The minimum absolute atomic E-state index is 0.501. The molecule has 17 heavy (non-hydrogen) atoms. The molecule has 86 valence electrons. The second-order valence-corrected chi connectivity index (χ2v) is 4.13. The Kier molecular flexibility index (Phi) is 1.95. The van der Waals surface area contributed by atoms with E-state index in [2.05, 4.69) is 25.8 Å². The standard InChI is InChI=1S/C12H13N5/c1-7-14-9-4-3-8(5-11(9)17(7)2)10-6-12(13)16-15-10/h3-6H,1-2H3,(H3,13,15,16). The molecule has 0 aliphatic carbocycles. The minimum atomic E-state index is 0.501. The molecule has 2 aromatic heterocycles. The molecule has 0 aliphatic heterocycles. The SMILES string of the molecule is Cc1nc2ccc(-c3cc(N)n[nH]3)cc2n1C. The van der Waals surface area contributed by atoms with Crippen LogP contribution in [0, 0.1) is 6.92 Å². The van der Waals surface area contributed by atoms with Crippen LogP contribution in [0.2, 0.25) is 0 Å². The fourth-order valence-electron chi connectivity index (χ4n) is 1.96. The molecule has 0 saturated heterocycles. The van der Waals surface area contributed by atoms with E-state index >= 15 is 0 Å². The van der Waals surface area contributed by atoms with Crippen LogP contribution in [-0.4, -0.2) is 19.7 Å². The number of nitrogens with one attached hydrogen (secondary N) is 1. The first-order chi connectivity index (χ1) is 8.15.